The summed E-state index contributed by atoms with van der Waals surface area (Å²) in [4.78, 5) is 0.480. The van der Waals surface area contributed by atoms with Crippen molar-refractivity contribution in [2.75, 3.05) is 12.3 Å². The molecule has 0 radical (unpaired) electrons. The Balaban J connectivity index is 2.10. The first-order chi connectivity index (χ1) is 8.49. The van der Waals surface area contributed by atoms with Gasteiger partial charge in [-0.25, -0.2) is 8.42 Å². The van der Waals surface area contributed by atoms with Crippen molar-refractivity contribution in [1.29, 1.82) is 0 Å². The summed E-state index contributed by atoms with van der Waals surface area (Å²) in [5.74, 6) is 0.171. The molecule has 3 nitrogen and oxygen atoms in total. The Kier molecular flexibility index (Phi) is 4.07. The minimum absolute atomic E-state index is 0.171. The van der Waals surface area contributed by atoms with Crippen molar-refractivity contribution in [2.45, 2.75) is 44.0 Å². The summed E-state index contributed by atoms with van der Waals surface area (Å²) in [6, 6.07) is 5.92. The number of nitrogens with one attached hydrogen (secondary N) is 1. The highest BCUT2D eigenvalue weighted by atomic mass is 32.2. The first-order valence-electron chi connectivity index (χ1n) is 6.57. The quantitative estimate of drug-likeness (QED) is 0.887. The molecular formula is C14H21NO2S. The topological polar surface area (TPSA) is 46.2 Å². The number of fused-ring (bicyclic) bond motifs is 1. The summed E-state index contributed by atoms with van der Waals surface area (Å²) in [5, 5.41) is 3.14. The lowest BCUT2D eigenvalue weighted by atomic mass is 10.1. The fraction of sp³-hybridized carbons (Fsp3) is 0.571. The lowest BCUT2D eigenvalue weighted by Gasteiger charge is -2.09. The van der Waals surface area contributed by atoms with Crippen LogP contribution in [0.15, 0.2) is 23.1 Å². The van der Waals surface area contributed by atoms with Crippen LogP contribution in [0.3, 0.4) is 0 Å². The summed E-state index contributed by atoms with van der Waals surface area (Å²) in [7, 11) is -3.14. The van der Waals surface area contributed by atoms with Crippen molar-refractivity contribution in [1.82, 2.24) is 5.32 Å². The number of hydrogen-bond acceptors (Lipinski definition) is 3. The van der Waals surface area contributed by atoms with Crippen molar-refractivity contribution >= 4 is 9.84 Å². The van der Waals surface area contributed by atoms with Gasteiger partial charge in [0.05, 0.1) is 10.6 Å². The molecule has 1 aromatic rings. The Morgan fingerprint density at radius 3 is 2.67 bits per heavy atom. The largest absolute Gasteiger partial charge is 0.314 e. The van der Waals surface area contributed by atoms with Gasteiger partial charge in [0, 0.05) is 12.6 Å². The Morgan fingerprint density at radius 2 is 1.94 bits per heavy atom. The zero-order chi connectivity index (χ0) is 13.2. The van der Waals surface area contributed by atoms with Gasteiger partial charge in [0.1, 0.15) is 0 Å². The second kappa shape index (κ2) is 5.41. The molecule has 0 aromatic heterocycles. The third-order valence-corrected chi connectivity index (χ3v) is 5.07. The predicted octanol–water partition coefficient (Wildman–Crippen LogP) is 1.95. The van der Waals surface area contributed by atoms with E-state index in [4.69, 9.17) is 0 Å². The van der Waals surface area contributed by atoms with E-state index in [0.29, 0.717) is 17.5 Å². The molecule has 0 unspecified atom stereocenters. The number of hydrogen-bond donors (Lipinski definition) is 1. The van der Waals surface area contributed by atoms with Gasteiger partial charge in [-0.05, 0) is 42.5 Å². The maximum Gasteiger partial charge on any atom is 0.179 e. The van der Waals surface area contributed by atoms with Crippen LogP contribution in [0.5, 0.6) is 0 Å². The number of aryl methyl sites for hydroxylation is 2. The van der Waals surface area contributed by atoms with Gasteiger partial charge in [0.2, 0.25) is 0 Å². The molecule has 1 N–H and O–H groups in total. The molecular weight excluding hydrogens is 246 g/mol. The van der Waals surface area contributed by atoms with E-state index in [1.165, 1.54) is 11.1 Å². The van der Waals surface area contributed by atoms with Crippen LogP contribution in [0, 0.1) is 0 Å². The Hall–Kier alpha value is -0.870. The molecule has 0 bridgehead atoms. The first kappa shape index (κ1) is 13.6. The third-order valence-electron chi connectivity index (χ3n) is 3.35. The van der Waals surface area contributed by atoms with Gasteiger partial charge in [-0.15, -0.1) is 0 Å². The molecule has 18 heavy (non-hydrogen) atoms. The Bertz CT molecular complexity index is 521. The average Bonchev–Trinajstić information content (AvgIpc) is 2.74. The zero-order valence-corrected chi connectivity index (χ0v) is 11.9. The number of rotatable bonds is 5. The van der Waals surface area contributed by atoms with Crippen LogP contribution < -0.4 is 5.32 Å². The first-order valence-corrected chi connectivity index (χ1v) is 8.22. The van der Waals surface area contributed by atoms with Gasteiger partial charge in [-0.3, -0.25) is 0 Å². The predicted molar refractivity (Wildman–Crippen MR) is 73.7 cm³/mol. The van der Waals surface area contributed by atoms with Crippen LogP contribution >= 0.6 is 0 Å². The monoisotopic (exact) mass is 267 g/mol. The number of benzene rings is 1. The molecule has 0 saturated carbocycles. The summed E-state index contributed by atoms with van der Waals surface area (Å²) in [6.45, 7) is 4.54. The van der Waals surface area contributed by atoms with Gasteiger partial charge in [-0.2, -0.15) is 0 Å². The molecule has 1 aliphatic carbocycles. The molecule has 0 fully saturated rings. The zero-order valence-electron chi connectivity index (χ0n) is 11.1. The number of sulfone groups is 1. The van der Waals surface area contributed by atoms with Gasteiger partial charge >= 0.3 is 0 Å². The molecule has 1 aromatic carbocycles. The molecule has 0 saturated heterocycles. The van der Waals surface area contributed by atoms with Crippen molar-refractivity contribution in [2.24, 2.45) is 0 Å². The van der Waals surface area contributed by atoms with Crippen molar-refractivity contribution in [3.63, 3.8) is 0 Å². The third kappa shape index (κ3) is 3.12. The summed E-state index contributed by atoms with van der Waals surface area (Å²) < 4.78 is 24.3. The molecule has 2 rings (SSSR count). The molecule has 0 aliphatic heterocycles. The van der Waals surface area contributed by atoms with Crippen LogP contribution in [0.4, 0.5) is 0 Å². The van der Waals surface area contributed by atoms with Crippen LogP contribution in [0.2, 0.25) is 0 Å². The minimum atomic E-state index is -3.14. The summed E-state index contributed by atoms with van der Waals surface area (Å²) in [6.07, 6.45) is 3.25. The van der Waals surface area contributed by atoms with Crippen LogP contribution in [0.1, 0.15) is 31.4 Å². The standard InChI is InChI=1S/C14H21NO2S/c1-11(2)15-8-9-18(16,17)14-7-6-12-4-3-5-13(12)10-14/h6-7,10-11,15H,3-5,8-9H2,1-2H3. The molecule has 0 atom stereocenters. The highest BCUT2D eigenvalue weighted by molar-refractivity contribution is 7.91. The van der Waals surface area contributed by atoms with E-state index in [2.05, 4.69) is 5.32 Å². The Labute approximate surface area is 110 Å². The van der Waals surface area contributed by atoms with Gasteiger partial charge in [-0.1, -0.05) is 19.9 Å². The molecule has 1 aliphatic rings. The van der Waals surface area contributed by atoms with Crippen LogP contribution in [-0.4, -0.2) is 26.8 Å². The maximum absolute atomic E-state index is 12.2. The van der Waals surface area contributed by atoms with Gasteiger partial charge in [0.15, 0.2) is 9.84 Å². The molecule has 100 valence electrons. The average molecular weight is 267 g/mol. The van der Waals surface area contributed by atoms with E-state index in [1.807, 2.05) is 26.0 Å². The van der Waals surface area contributed by atoms with Crippen molar-refractivity contribution in [3.05, 3.63) is 29.3 Å². The van der Waals surface area contributed by atoms with Gasteiger partial charge in [0.25, 0.3) is 0 Å². The Morgan fingerprint density at radius 1 is 1.22 bits per heavy atom. The summed E-state index contributed by atoms with van der Waals surface area (Å²) in [5.41, 5.74) is 2.53. The lowest BCUT2D eigenvalue weighted by molar-refractivity contribution is 0.578. The van der Waals surface area contributed by atoms with Crippen molar-refractivity contribution < 1.29 is 8.42 Å². The smallest absolute Gasteiger partial charge is 0.179 e. The van der Waals surface area contributed by atoms with E-state index >= 15 is 0 Å². The molecule has 4 heteroatoms. The van der Waals surface area contributed by atoms with E-state index in [-0.39, 0.29) is 5.75 Å². The van der Waals surface area contributed by atoms with E-state index in [1.54, 1.807) is 6.07 Å². The normalized spacial score (nSPS) is 15.1. The minimum Gasteiger partial charge on any atom is -0.314 e. The summed E-state index contributed by atoms with van der Waals surface area (Å²) >= 11 is 0. The molecule has 0 spiro atoms. The van der Waals surface area contributed by atoms with Gasteiger partial charge < -0.3 is 5.32 Å². The lowest BCUT2D eigenvalue weighted by Crippen LogP contribution is -2.28. The van der Waals surface area contributed by atoms with Crippen molar-refractivity contribution in [3.8, 4) is 0 Å². The highest BCUT2D eigenvalue weighted by Crippen LogP contribution is 2.25. The fourth-order valence-electron chi connectivity index (χ4n) is 2.34. The van der Waals surface area contributed by atoms with E-state index < -0.39 is 9.84 Å². The molecule has 0 heterocycles. The molecule has 0 amide bonds. The second-order valence-electron chi connectivity index (χ2n) is 5.21. The highest BCUT2D eigenvalue weighted by Gasteiger charge is 2.18. The SMILES string of the molecule is CC(C)NCCS(=O)(=O)c1ccc2c(c1)CCC2. The van der Waals surface area contributed by atoms with Crippen LogP contribution in [0.25, 0.3) is 0 Å². The van der Waals surface area contributed by atoms with Crippen LogP contribution in [-0.2, 0) is 22.7 Å². The maximum atomic E-state index is 12.2. The van der Waals surface area contributed by atoms with E-state index in [9.17, 15) is 8.42 Å². The second-order valence-corrected chi connectivity index (χ2v) is 7.32. The fourth-order valence-corrected chi connectivity index (χ4v) is 3.56. The van der Waals surface area contributed by atoms with E-state index in [0.717, 1.165) is 19.3 Å².